The Morgan fingerprint density at radius 2 is 1.74 bits per heavy atom. The van der Waals surface area contributed by atoms with Crippen LogP contribution in [0.3, 0.4) is 0 Å². The quantitative estimate of drug-likeness (QED) is 0.564. The van der Waals surface area contributed by atoms with Gasteiger partial charge in [-0.25, -0.2) is 9.69 Å². The van der Waals surface area contributed by atoms with Gasteiger partial charge in [-0.05, 0) is 56.6 Å². The molecule has 5 nitrogen and oxygen atoms in total. The average Bonchev–Trinajstić information content (AvgIpc) is 3.01. The Kier molecular flexibility index (Phi) is 6.37. The highest BCUT2D eigenvalue weighted by Gasteiger charge is 2.56. The highest BCUT2D eigenvalue weighted by atomic mass is 32.1. The molecule has 2 aromatic carbocycles. The van der Waals surface area contributed by atoms with E-state index in [-0.39, 0.29) is 0 Å². The predicted molar refractivity (Wildman–Crippen MR) is 129 cm³/mol. The second kappa shape index (κ2) is 9.18. The van der Waals surface area contributed by atoms with E-state index in [9.17, 15) is 4.79 Å². The number of amidine groups is 1. The zero-order chi connectivity index (χ0) is 21.8. The van der Waals surface area contributed by atoms with Crippen LogP contribution in [0.5, 0.6) is 0 Å². The molecule has 0 N–H and O–H groups in total. The van der Waals surface area contributed by atoms with E-state index in [4.69, 9.17) is 21.9 Å². The summed E-state index contributed by atoms with van der Waals surface area (Å²) in [6.45, 7) is 4.67. The highest BCUT2D eigenvalue weighted by Crippen LogP contribution is 2.44. The second-order valence-electron chi connectivity index (χ2n) is 8.21. The van der Waals surface area contributed by atoms with E-state index in [0.717, 1.165) is 42.8 Å². The molecule has 1 amide bonds. The number of aliphatic imine (C=N–C) groups is 1. The van der Waals surface area contributed by atoms with Crippen molar-refractivity contribution in [3.63, 3.8) is 0 Å². The van der Waals surface area contributed by atoms with Gasteiger partial charge in [-0.3, -0.25) is 4.99 Å². The Balaban J connectivity index is 1.83. The lowest BCUT2D eigenvalue weighted by atomic mass is 9.79. The maximum atomic E-state index is 13.0. The van der Waals surface area contributed by atoms with E-state index in [2.05, 4.69) is 48.2 Å². The van der Waals surface area contributed by atoms with Crippen molar-refractivity contribution in [2.24, 2.45) is 4.99 Å². The van der Waals surface area contributed by atoms with Crippen molar-refractivity contribution < 1.29 is 9.53 Å². The van der Waals surface area contributed by atoms with Gasteiger partial charge in [0.1, 0.15) is 11.4 Å². The van der Waals surface area contributed by atoms with Crippen LogP contribution in [0.25, 0.3) is 0 Å². The number of aryl methyl sites for hydroxylation is 1. The molecule has 1 aliphatic carbocycles. The smallest absolute Gasteiger partial charge is 0.421 e. The number of ether oxygens (including phenoxy) is 1. The van der Waals surface area contributed by atoms with Crippen LogP contribution in [0.1, 0.15) is 50.2 Å². The lowest BCUT2D eigenvalue weighted by Crippen LogP contribution is -2.51. The fourth-order valence-corrected chi connectivity index (χ4v) is 5.08. The lowest BCUT2D eigenvalue weighted by Gasteiger charge is -2.40. The van der Waals surface area contributed by atoms with Crippen LogP contribution in [0.15, 0.2) is 59.6 Å². The van der Waals surface area contributed by atoms with Gasteiger partial charge in [0.15, 0.2) is 5.11 Å². The molecule has 1 spiro atoms. The third kappa shape index (κ3) is 4.09. The number of hydrogen-bond acceptors (Lipinski definition) is 4. The first-order chi connectivity index (χ1) is 15.1. The van der Waals surface area contributed by atoms with Crippen molar-refractivity contribution >= 4 is 34.9 Å². The number of thiocarbonyl (C=S) groups is 1. The van der Waals surface area contributed by atoms with Crippen LogP contribution in [-0.2, 0) is 11.3 Å². The molecule has 1 heterocycles. The van der Waals surface area contributed by atoms with Crippen LogP contribution >= 0.6 is 12.2 Å². The van der Waals surface area contributed by atoms with Gasteiger partial charge >= 0.3 is 6.09 Å². The van der Waals surface area contributed by atoms with Gasteiger partial charge < -0.3 is 9.64 Å². The van der Waals surface area contributed by atoms with E-state index < -0.39 is 11.6 Å². The first kappa shape index (κ1) is 21.5. The first-order valence-corrected chi connectivity index (χ1v) is 11.4. The van der Waals surface area contributed by atoms with Gasteiger partial charge in [-0.1, -0.05) is 67.3 Å². The van der Waals surface area contributed by atoms with E-state index in [1.807, 2.05) is 25.1 Å². The number of benzene rings is 2. The standard InChI is InChI=1S/C25H29N3O2S/c1-3-30-24(29)27-22(26-18-20-10-6-4-7-11-20)25(16-8-5-9-17-25)28(23(27)31)21-14-12-19(2)13-15-21/h4,6-7,10-15H,3,5,8-9,16-18H2,1-2H3/b26-22-. The number of hydrogen-bond donors (Lipinski definition) is 0. The number of nitrogens with zero attached hydrogens (tertiary/aromatic N) is 3. The molecule has 2 aromatic rings. The molecular weight excluding hydrogens is 406 g/mol. The Morgan fingerprint density at radius 3 is 2.39 bits per heavy atom. The monoisotopic (exact) mass is 435 g/mol. The summed E-state index contributed by atoms with van der Waals surface area (Å²) >= 11 is 5.90. The van der Waals surface area contributed by atoms with Gasteiger partial charge in [-0.2, -0.15) is 0 Å². The molecule has 0 unspecified atom stereocenters. The maximum absolute atomic E-state index is 13.0. The summed E-state index contributed by atoms with van der Waals surface area (Å²) in [6.07, 6.45) is 4.70. The van der Waals surface area contributed by atoms with Crippen molar-refractivity contribution in [3.05, 3.63) is 65.7 Å². The Hall–Kier alpha value is -2.73. The molecule has 162 valence electrons. The first-order valence-electron chi connectivity index (χ1n) is 11.0. The second-order valence-corrected chi connectivity index (χ2v) is 8.57. The Labute approximate surface area is 189 Å². The molecule has 0 bridgehead atoms. The molecule has 0 atom stereocenters. The minimum absolute atomic E-state index is 0.293. The minimum Gasteiger partial charge on any atom is -0.449 e. The number of carbonyl (C=O) groups is 1. The highest BCUT2D eigenvalue weighted by molar-refractivity contribution is 7.80. The molecule has 2 fully saturated rings. The van der Waals surface area contributed by atoms with E-state index in [1.54, 1.807) is 0 Å². The molecule has 2 aliphatic rings. The van der Waals surface area contributed by atoms with Crippen LogP contribution in [0, 0.1) is 6.92 Å². The summed E-state index contributed by atoms with van der Waals surface area (Å²) in [5, 5.41) is 0.455. The van der Waals surface area contributed by atoms with Crippen molar-refractivity contribution in [2.75, 3.05) is 11.5 Å². The largest absolute Gasteiger partial charge is 0.449 e. The fourth-order valence-electron chi connectivity index (χ4n) is 4.64. The van der Waals surface area contributed by atoms with Gasteiger partial charge in [0.05, 0.1) is 13.2 Å². The number of anilines is 1. The van der Waals surface area contributed by atoms with Gasteiger partial charge in [0.25, 0.3) is 0 Å². The molecule has 4 rings (SSSR count). The number of amides is 1. The summed E-state index contributed by atoms with van der Waals surface area (Å²) in [4.78, 5) is 21.7. The number of carbonyl (C=O) groups excluding carboxylic acids is 1. The molecule has 0 aromatic heterocycles. The fraction of sp³-hybridized carbons (Fsp3) is 0.400. The normalized spacial score (nSPS) is 19.3. The SMILES string of the molecule is CCOC(=O)N1C(=S)N(c2ccc(C)cc2)C2(CCCCC2)/C1=N/Cc1ccccc1. The topological polar surface area (TPSA) is 45.1 Å². The molecule has 31 heavy (non-hydrogen) atoms. The summed E-state index contributed by atoms with van der Waals surface area (Å²) in [5.41, 5.74) is 2.86. The molecule has 1 saturated carbocycles. The van der Waals surface area contributed by atoms with Crippen molar-refractivity contribution in [3.8, 4) is 0 Å². The molecule has 6 heteroatoms. The minimum atomic E-state index is -0.445. The van der Waals surface area contributed by atoms with Crippen LogP contribution in [0.2, 0.25) is 0 Å². The number of rotatable bonds is 4. The summed E-state index contributed by atoms with van der Waals surface area (Å²) < 4.78 is 5.41. The van der Waals surface area contributed by atoms with Gasteiger partial charge in [0, 0.05) is 5.69 Å². The lowest BCUT2D eigenvalue weighted by molar-refractivity contribution is 0.141. The molecular formula is C25H29N3O2S. The Morgan fingerprint density at radius 1 is 1.06 bits per heavy atom. The van der Waals surface area contributed by atoms with E-state index in [0.29, 0.717) is 18.3 Å². The Bertz CT molecular complexity index is 966. The van der Waals surface area contributed by atoms with Crippen molar-refractivity contribution in [1.29, 1.82) is 0 Å². The van der Waals surface area contributed by atoms with E-state index in [1.165, 1.54) is 16.9 Å². The summed E-state index contributed by atoms with van der Waals surface area (Å²) in [5.74, 6) is 0.722. The van der Waals surface area contributed by atoms with Gasteiger partial charge in [0.2, 0.25) is 0 Å². The van der Waals surface area contributed by atoms with Crippen LogP contribution < -0.4 is 4.90 Å². The third-order valence-electron chi connectivity index (χ3n) is 6.12. The average molecular weight is 436 g/mol. The predicted octanol–water partition coefficient (Wildman–Crippen LogP) is 5.86. The molecule has 1 aliphatic heterocycles. The van der Waals surface area contributed by atoms with Gasteiger partial charge in [-0.15, -0.1) is 0 Å². The summed E-state index contributed by atoms with van der Waals surface area (Å²) in [7, 11) is 0. The maximum Gasteiger partial charge on any atom is 0.421 e. The van der Waals surface area contributed by atoms with E-state index >= 15 is 0 Å². The molecule has 1 saturated heterocycles. The summed E-state index contributed by atoms with van der Waals surface area (Å²) in [6, 6.07) is 18.5. The van der Waals surface area contributed by atoms with Crippen LogP contribution in [-0.4, -0.2) is 34.1 Å². The third-order valence-corrected chi connectivity index (χ3v) is 6.48. The van der Waals surface area contributed by atoms with Crippen molar-refractivity contribution in [1.82, 2.24) is 4.90 Å². The van der Waals surface area contributed by atoms with Crippen molar-refractivity contribution in [2.45, 2.75) is 58.0 Å². The molecule has 0 radical (unpaired) electrons. The zero-order valence-corrected chi connectivity index (χ0v) is 19.0. The zero-order valence-electron chi connectivity index (χ0n) is 18.2. The van der Waals surface area contributed by atoms with Crippen LogP contribution in [0.4, 0.5) is 10.5 Å².